The Morgan fingerprint density at radius 2 is 2.16 bits per heavy atom. The van der Waals surface area contributed by atoms with E-state index in [-0.39, 0.29) is 5.97 Å². The van der Waals surface area contributed by atoms with Gasteiger partial charge in [0.2, 0.25) is 0 Å². The molecule has 0 aromatic carbocycles. The topological polar surface area (TPSA) is 65.5 Å². The van der Waals surface area contributed by atoms with Gasteiger partial charge in [-0.15, -0.1) is 11.3 Å². The zero-order valence-corrected chi connectivity index (χ0v) is 12.1. The summed E-state index contributed by atoms with van der Waals surface area (Å²) >= 11 is 1.33. The number of nitrogens with two attached hydrogens (primary N) is 1. The third-order valence-corrected chi connectivity index (χ3v) is 4.07. The van der Waals surface area contributed by atoms with Crippen molar-refractivity contribution >= 4 is 23.0 Å². The second kappa shape index (κ2) is 5.48. The number of carbonyl (C=O) groups excluding carboxylic acids is 1. The van der Waals surface area contributed by atoms with Crippen LogP contribution in [-0.4, -0.2) is 12.6 Å². The van der Waals surface area contributed by atoms with Gasteiger partial charge in [0.25, 0.3) is 0 Å². The fraction of sp³-hybridized carbons (Fsp3) is 0.357. The number of furan rings is 1. The highest BCUT2D eigenvalue weighted by Gasteiger charge is 2.23. The lowest BCUT2D eigenvalue weighted by molar-refractivity contribution is 0.0533. The molecule has 0 radical (unpaired) electrons. The molecule has 0 unspecified atom stereocenters. The number of rotatable bonds is 4. The number of nitrogen functional groups attached to an aromatic ring is 1. The van der Waals surface area contributed by atoms with Crippen molar-refractivity contribution in [3.05, 3.63) is 28.3 Å². The van der Waals surface area contributed by atoms with Gasteiger partial charge in [-0.05, 0) is 38.0 Å². The van der Waals surface area contributed by atoms with E-state index in [4.69, 9.17) is 14.9 Å². The molecule has 2 N–H and O–H groups in total. The van der Waals surface area contributed by atoms with E-state index in [0.29, 0.717) is 17.2 Å². The van der Waals surface area contributed by atoms with Gasteiger partial charge >= 0.3 is 5.97 Å². The number of hydrogen-bond acceptors (Lipinski definition) is 5. The molecule has 0 aliphatic carbocycles. The lowest BCUT2D eigenvalue weighted by Crippen LogP contribution is -2.05. The largest absolute Gasteiger partial charge is 0.462 e. The number of esters is 1. The van der Waals surface area contributed by atoms with Crippen LogP contribution in [0.5, 0.6) is 0 Å². The average Bonchev–Trinajstić information content (AvgIpc) is 2.93. The Labute approximate surface area is 116 Å². The van der Waals surface area contributed by atoms with E-state index < -0.39 is 0 Å². The fourth-order valence-electron chi connectivity index (χ4n) is 1.93. The van der Waals surface area contributed by atoms with E-state index in [0.717, 1.165) is 28.4 Å². The molecule has 0 saturated heterocycles. The molecular formula is C14H17NO3S. The summed E-state index contributed by atoms with van der Waals surface area (Å²) in [6, 6.07) is 3.80. The number of aryl methyl sites for hydroxylation is 1. The summed E-state index contributed by atoms with van der Waals surface area (Å²) in [6.45, 7) is 6.01. The molecule has 0 aliphatic heterocycles. The summed E-state index contributed by atoms with van der Waals surface area (Å²) < 4.78 is 10.6. The highest BCUT2D eigenvalue weighted by molar-refractivity contribution is 7.18. The van der Waals surface area contributed by atoms with Crippen LogP contribution in [0.15, 0.2) is 16.5 Å². The molecule has 0 fully saturated rings. The zero-order valence-electron chi connectivity index (χ0n) is 11.3. The maximum atomic E-state index is 11.9. The van der Waals surface area contributed by atoms with Crippen LogP contribution in [0, 0.1) is 6.92 Å². The summed E-state index contributed by atoms with van der Waals surface area (Å²) in [5, 5.41) is 0. The van der Waals surface area contributed by atoms with Crippen LogP contribution in [0.2, 0.25) is 0 Å². The van der Waals surface area contributed by atoms with Gasteiger partial charge in [0.05, 0.1) is 17.2 Å². The predicted molar refractivity (Wildman–Crippen MR) is 76.5 cm³/mol. The van der Waals surface area contributed by atoms with E-state index in [1.54, 1.807) is 6.92 Å². The van der Waals surface area contributed by atoms with Gasteiger partial charge in [-0.2, -0.15) is 0 Å². The van der Waals surface area contributed by atoms with Gasteiger partial charge in [0.15, 0.2) is 0 Å². The van der Waals surface area contributed by atoms with Crippen LogP contribution < -0.4 is 5.73 Å². The van der Waals surface area contributed by atoms with Crippen molar-refractivity contribution in [3.63, 3.8) is 0 Å². The lowest BCUT2D eigenvalue weighted by atomic mass is 10.1. The Morgan fingerprint density at radius 3 is 2.68 bits per heavy atom. The van der Waals surface area contributed by atoms with E-state index in [2.05, 4.69) is 0 Å². The molecule has 0 atom stereocenters. The van der Waals surface area contributed by atoms with Crippen LogP contribution in [0.25, 0.3) is 10.6 Å². The van der Waals surface area contributed by atoms with Crippen LogP contribution >= 0.6 is 11.3 Å². The van der Waals surface area contributed by atoms with Crippen molar-refractivity contribution in [2.24, 2.45) is 0 Å². The van der Waals surface area contributed by atoms with Gasteiger partial charge < -0.3 is 14.9 Å². The first kappa shape index (κ1) is 13.7. The third-order valence-electron chi connectivity index (χ3n) is 2.83. The van der Waals surface area contributed by atoms with Crippen molar-refractivity contribution in [2.45, 2.75) is 27.2 Å². The third kappa shape index (κ3) is 2.51. The van der Waals surface area contributed by atoms with E-state index >= 15 is 0 Å². The first-order valence-electron chi connectivity index (χ1n) is 6.23. The Bertz CT molecular complexity index is 598. The normalized spacial score (nSPS) is 10.7. The van der Waals surface area contributed by atoms with Crippen LogP contribution in [0.3, 0.4) is 0 Å². The molecule has 0 amide bonds. The second-order valence-electron chi connectivity index (χ2n) is 4.14. The minimum Gasteiger partial charge on any atom is -0.462 e. The molecule has 0 saturated carbocycles. The Balaban J connectivity index is 2.50. The maximum absolute atomic E-state index is 11.9. The standard InChI is InChI=1S/C14H17NO3S/c1-4-9-11(15)13(14(16)17-5-2)19-12(9)10-7-6-8(3)18-10/h6-7H,4-5,15H2,1-3H3. The summed E-state index contributed by atoms with van der Waals surface area (Å²) in [4.78, 5) is 13.2. The molecular weight excluding hydrogens is 262 g/mol. The molecule has 2 aromatic heterocycles. The van der Waals surface area contributed by atoms with E-state index in [1.165, 1.54) is 11.3 Å². The second-order valence-corrected chi connectivity index (χ2v) is 5.16. The first-order valence-corrected chi connectivity index (χ1v) is 7.05. The molecule has 2 rings (SSSR count). The van der Waals surface area contributed by atoms with Crippen molar-refractivity contribution in [1.29, 1.82) is 0 Å². The molecule has 19 heavy (non-hydrogen) atoms. The molecule has 4 nitrogen and oxygen atoms in total. The van der Waals surface area contributed by atoms with Crippen molar-refractivity contribution in [2.75, 3.05) is 12.3 Å². The highest BCUT2D eigenvalue weighted by atomic mass is 32.1. The summed E-state index contributed by atoms with van der Waals surface area (Å²) in [6.07, 6.45) is 0.747. The molecule has 0 aliphatic rings. The fourth-order valence-corrected chi connectivity index (χ4v) is 3.10. The minimum absolute atomic E-state index is 0.340. The zero-order chi connectivity index (χ0) is 14.0. The molecule has 2 heterocycles. The van der Waals surface area contributed by atoms with Gasteiger partial charge in [-0.25, -0.2) is 4.79 Å². The Hall–Kier alpha value is -1.75. The van der Waals surface area contributed by atoms with Gasteiger partial charge in [0.1, 0.15) is 16.4 Å². The van der Waals surface area contributed by atoms with Crippen LogP contribution in [-0.2, 0) is 11.2 Å². The Kier molecular flexibility index (Phi) is 3.95. The average molecular weight is 279 g/mol. The molecule has 2 aromatic rings. The molecule has 0 bridgehead atoms. The number of ether oxygens (including phenoxy) is 1. The summed E-state index contributed by atoms with van der Waals surface area (Å²) in [7, 11) is 0. The summed E-state index contributed by atoms with van der Waals surface area (Å²) in [5.41, 5.74) is 7.51. The number of anilines is 1. The monoisotopic (exact) mass is 279 g/mol. The number of carbonyl (C=O) groups is 1. The maximum Gasteiger partial charge on any atom is 0.350 e. The summed E-state index contributed by atoms with van der Waals surface area (Å²) in [5.74, 6) is 1.22. The predicted octanol–water partition coefficient (Wildman–Crippen LogP) is 3.64. The van der Waals surface area contributed by atoms with E-state index in [9.17, 15) is 4.79 Å². The van der Waals surface area contributed by atoms with Crippen LogP contribution in [0.1, 0.15) is 34.8 Å². The van der Waals surface area contributed by atoms with Crippen molar-refractivity contribution in [1.82, 2.24) is 0 Å². The molecule has 102 valence electrons. The molecule has 5 heteroatoms. The molecule has 0 spiro atoms. The first-order chi connectivity index (χ1) is 9.08. The van der Waals surface area contributed by atoms with Crippen molar-refractivity contribution < 1.29 is 13.9 Å². The highest BCUT2D eigenvalue weighted by Crippen LogP contribution is 2.40. The SMILES string of the molecule is CCOC(=O)c1sc(-c2ccc(C)o2)c(CC)c1N. The van der Waals surface area contributed by atoms with Crippen molar-refractivity contribution in [3.8, 4) is 10.6 Å². The van der Waals surface area contributed by atoms with Gasteiger partial charge in [-0.1, -0.05) is 6.92 Å². The Morgan fingerprint density at radius 1 is 1.42 bits per heavy atom. The number of hydrogen-bond donors (Lipinski definition) is 1. The quantitative estimate of drug-likeness (QED) is 0.868. The van der Waals surface area contributed by atoms with Gasteiger partial charge in [-0.3, -0.25) is 0 Å². The van der Waals surface area contributed by atoms with Crippen LogP contribution in [0.4, 0.5) is 5.69 Å². The number of thiophene rings is 1. The van der Waals surface area contributed by atoms with E-state index in [1.807, 2.05) is 26.0 Å². The lowest BCUT2D eigenvalue weighted by Gasteiger charge is -2.00. The smallest absolute Gasteiger partial charge is 0.350 e. The minimum atomic E-state index is -0.366. The van der Waals surface area contributed by atoms with Gasteiger partial charge in [0, 0.05) is 0 Å².